The lowest BCUT2D eigenvalue weighted by atomic mass is 10.1. The van der Waals surface area contributed by atoms with Gasteiger partial charge in [-0.15, -0.1) is 0 Å². The molecule has 19 heavy (non-hydrogen) atoms. The van der Waals surface area contributed by atoms with Gasteiger partial charge in [-0.1, -0.05) is 18.2 Å². The number of carbonyl (C=O) groups excluding carboxylic acids is 1. The number of rotatable bonds is 6. The molecule has 1 aromatic carbocycles. The van der Waals surface area contributed by atoms with E-state index < -0.39 is 0 Å². The van der Waals surface area contributed by atoms with E-state index in [0.717, 1.165) is 25.1 Å². The molecule has 0 saturated carbocycles. The van der Waals surface area contributed by atoms with Gasteiger partial charge in [-0.2, -0.15) is 0 Å². The fraction of sp³-hybridized carbons (Fsp3) is 0.533. The molecule has 4 nitrogen and oxygen atoms in total. The van der Waals surface area contributed by atoms with Gasteiger partial charge in [0.25, 0.3) is 0 Å². The molecule has 2 atom stereocenters. The van der Waals surface area contributed by atoms with Crippen LogP contribution in [0.15, 0.2) is 30.3 Å². The average molecular weight is 263 g/mol. The van der Waals surface area contributed by atoms with Crippen molar-refractivity contribution < 1.29 is 14.3 Å². The second-order valence-electron chi connectivity index (χ2n) is 4.74. The van der Waals surface area contributed by atoms with Gasteiger partial charge in [-0.25, -0.2) is 0 Å². The predicted molar refractivity (Wildman–Crippen MR) is 73.1 cm³/mol. The number of hydrogen-bond donors (Lipinski definition) is 1. The summed E-state index contributed by atoms with van der Waals surface area (Å²) in [4.78, 5) is 11.3. The van der Waals surface area contributed by atoms with Crippen LogP contribution in [0, 0.1) is 0 Å². The number of ether oxygens (including phenoxy) is 2. The summed E-state index contributed by atoms with van der Waals surface area (Å²) in [5, 5.41) is 3.39. The van der Waals surface area contributed by atoms with Crippen LogP contribution in [0.2, 0.25) is 0 Å². The lowest BCUT2D eigenvalue weighted by Crippen LogP contribution is -2.23. The average Bonchev–Trinajstić information content (AvgIpc) is 2.86. The fourth-order valence-electron chi connectivity index (χ4n) is 2.31. The first kappa shape index (κ1) is 13.9. The number of hydrogen-bond acceptors (Lipinski definition) is 4. The van der Waals surface area contributed by atoms with E-state index in [1.807, 2.05) is 37.3 Å². The predicted octanol–water partition coefficient (Wildman–Crippen LogP) is 2.14. The van der Waals surface area contributed by atoms with Gasteiger partial charge in [0.15, 0.2) is 0 Å². The molecular weight excluding hydrogens is 242 g/mol. The summed E-state index contributed by atoms with van der Waals surface area (Å²) in [7, 11) is 0. The minimum Gasteiger partial charge on any atom is -0.489 e. The Morgan fingerprint density at radius 2 is 2.16 bits per heavy atom. The molecule has 0 radical (unpaired) electrons. The van der Waals surface area contributed by atoms with E-state index in [9.17, 15) is 4.79 Å². The maximum absolute atomic E-state index is 11.3. The molecule has 0 aromatic heterocycles. The topological polar surface area (TPSA) is 47.6 Å². The van der Waals surface area contributed by atoms with Gasteiger partial charge >= 0.3 is 5.97 Å². The second-order valence-corrected chi connectivity index (χ2v) is 4.74. The van der Waals surface area contributed by atoms with Gasteiger partial charge in [0.2, 0.25) is 0 Å². The van der Waals surface area contributed by atoms with Crippen molar-refractivity contribution in [3.8, 4) is 5.75 Å². The fourth-order valence-corrected chi connectivity index (χ4v) is 2.31. The monoisotopic (exact) mass is 263 g/mol. The van der Waals surface area contributed by atoms with Crippen molar-refractivity contribution in [2.75, 3.05) is 13.2 Å². The third-order valence-corrected chi connectivity index (χ3v) is 3.23. The minimum absolute atomic E-state index is 0.114. The molecule has 104 valence electrons. The van der Waals surface area contributed by atoms with E-state index in [1.165, 1.54) is 0 Å². The van der Waals surface area contributed by atoms with Crippen molar-refractivity contribution in [3.05, 3.63) is 30.3 Å². The molecule has 0 bridgehead atoms. The standard InChI is InChI=1S/C15H21NO3/c1-2-18-15(17)9-8-12-10-14(11-16-12)19-13-6-4-3-5-7-13/h3-7,12,14,16H,2,8-11H2,1H3/t12-,14+/m1/s1. The molecule has 1 aliphatic heterocycles. The molecule has 0 unspecified atom stereocenters. The lowest BCUT2D eigenvalue weighted by Gasteiger charge is -2.13. The zero-order chi connectivity index (χ0) is 13.5. The normalized spacial score (nSPS) is 22.2. The number of nitrogens with one attached hydrogen (secondary N) is 1. The molecule has 1 saturated heterocycles. The summed E-state index contributed by atoms with van der Waals surface area (Å²) in [5.74, 6) is 0.789. The highest BCUT2D eigenvalue weighted by molar-refractivity contribution is 5.69. The van der Waals surface area contributed by atoms with Gasteiger partial charge < -0.3 is 14.8 Å². The Hall–Kier alpha value is -1.55. The number of esters is 1. The smallest absolute Gasteiger partial charge is 0.305 e. The zero-order valence-corrected chi connectivity index (χ0v) is 11.3. The molecule has 1 N–H and O–H groups in total. The molecule has 1 aliphatic rings. The molecule has 1 fully saturated rings. The molecule has 0 aliphatic carbocycles. The summed E-state index contributed by atoms with van der Waals surface area (Å²) in [6.45, 7) is 3.12. The second kappa shape index (κ2) is 7.14. The summed E-state index contributed by atoms with van der Waals surface area (Å²) in [5.41, 5.74) is 0. The lowest BCUT2D eigenvalue weighted by molar-refractivity contribution is -0.143. The SMILES string of the molecule is CCOC(=O)CC[C@@H]1C[C@H](Oc2ccccc2)CN1. The van der Waals surface area contributed by atoms with Gasteiger partial charge in [-0.05, 0) is 25.5 Å². The summed E-state index contributed by atoms with van der Waals surface area (Å²) < 4.78 is 10.8. The molecule has 0 spiro atoms. The van der Waals surface area contributed by atoms with Crippen LogP contribution in [-0.2, 0) is 9.53 Å². The molecular formula is C15H21NO3. The zero-order valence-electron chi connectivity index (χ0n) is 11.3. The molecule has 4 heteroatoms. The minimum atomic E-state index is -0.114. The van der Waals surface area contributed by atoms with Gasteiger partial charge in [0.1, 0.15) is 11.9 Å². The van der Waals surface area contributed by atoms with E-state index in [2.05, 4.69) is 5.32 Å². The third-order valence-electron chi connectivity index (χ3n) is 3.23. The van der Waals surface area contributed by atoms with E-state index in [1.54, 1.807) is 0 Å². The van der Waals surface area contributed by atoms with Gasteiger partial charge in [-0.3, -0.25) is 4.79 Å². The summed E-state index contributed by atoms with van der Waals surface area (Å²) in [6, 6.07) is 10.2. The van der Waals surface area contributed by atoms with Crippen LogP contribution in [0.4, 0.5) is 0 Å². The van der Waals surface area contributed by atoms with Crippen molar-refractivity contribution in [2.24, 2.45) is 0 Å². The van der Waals surface area contributed by atoms with Crippen molar-refractivity contribution in [1.82, 2.24) is 5.32 Å². The van der Waals surface area contributed by atoms with E-state index >= 15 is 0 Å². The van der Waals surface area contributed by atoms with Crippen LogP contribution in [0.5, 0.6) is 5.75 Å². The molecule has 0 amide bonds. The number of para-hydroxylation sites is 1. The van der Waals surface area contributed by atoms with Crippen molar-refractivity contribution in [3.63, 3.8) is 0 Å². The highest BCUT2D eigenvalue weighted by atomic mass is 16.5. The largest absolute Gasteiger partial charge is 0.489 e. The maximum Gasteiger partial charge on any atom is 0.305 e. The molecule has 1 heterocycles. The van der Waals surface area contributed by atoms with Crippen LogP contribution in [-0.4, -0.2) is 31.3 Å². The van der Waals surface area contributed by atoms with E-state index in [0.29, 0.717) is 19.1 Å². The Labute approximate surface area is 114 Å². The van der Waals surface area contributed by atoms with Crippen LogP contribution in [0.3, 0.4) is 0 Å². The Kier molecular flexibility index (Phi) is 5.21. The molecule has 1 aromatic rings. The first-order chi connectivity index (χ1) is 9.28. The number of carbonyl (C=O) groups is 1. The Morgan fingerprint density at radius 3 is 2.89 bits per heavy atom. The van der Waals surface area contributed by atoms with Crippen molar-refractivity contribution in [2.45, 2.75) is 38.3 Å². The van der Waals surface area contributed by atoms with Crippen LogP contribution < -0.4 is 10.1 Å². The van der Waals surface area contributed by atoms with Gasteiger partial charge in [0, 0.05) is 25.4 Å². The Balaban J connectivity index is 1.70. The third kappa shape index (κ3) is 4.56. The van der Waals surface area contributed by atoms with Gasteiger partial charge in [0.05, 0.1) is 6.61 Å². The summed E-state index contributed by atoms with van der Waals surface area (Å²) in [6.07, 6.45) is 2.42. The highest BCUT2D eigenvalue weighted by Gasteiger charge is 2.25. The quantitative estimate of drug-likeness (QED) is 0.799. The van der Waals surface area contributed by atoms with E-state index in [-0.39, 0.29) is 12.1 Å². The van der Waals surface area contributed by atoms with E-state index in [4.69, 9.17) is 9.47 Å². The Bertz CT molecular complexity index is 394. The first-order valence-electron chi connectivity index (χ1n) is 6.88. The van der Waals surface area contributed by atoms with Crippen LogP contribution in [0.1, 0.15) is 26.2 Å². The van der Waals surface area contributed by atoms with Crippen LogP contribution in [0.25, 0.3) is 0 Å². The number of benzene rings is 1. The van der Waals surface area contributed by atoms with Crippen molar-refractivity contribution in [1.29, 1.82) is 0 Å². The Morgan fingerprint density at radius 1 is 1.37 bits per heavy atom. The maximum atomic E-state index is 11.3. The summed E-state index contributed by atoms with van der Waals surface area (Å²) >= 11 is 0. The molecule has 2 rings (SSSR count). The highest BCUT2D eigenvalue weighted by Crippen LogP contribution is 2.18. The van der Waals surface area contributed by atoms with Crippen LogP contribution >= 0.6 is 0 Å². The van der Waals surface area contributed by atoms with Crippen molar-refractivity contribution >= 4 is 5.97 Å². The first-order valence-corrected chi connectivity index (χ1v) is 6.88.